The molecule has 0 bridgehead atoms. The van der Waals surface area contributed by atoms with Crippen molar-refractivity contribution in [2.45, 2.75) is 5.16 Å². The van der Waals surface area contributed by atoms with Gasteiger partial charge in [0.2, 0.25) is 11.1 Å². The number of nitrogens with two attached hydrogens (primary N) is 1. The minimum absolute atomic E-state index is 0.0194. The van der Waals surface area contributed by atoms with Crippen LogP contribution in [0.4, 0.5) is 10.1 Å². The van der Waals surface area contributed by atoms with E-state index in [2.05, 4.69) is 15.5 Å². The van der Waals surface area contributed by atoms with Crippen molar-refractivity contribution in [3.63, 3.8) is 0 Å². The van der Waals surface area contributed by atoms with Crippen molar-refractivity contribution in [1.29, 1.82) is 0 Å². The number of nitrogens with zero attached hydrogens (tertiary/aromatic N) is 3. The molecule has 26 heavy (non-hydrogen) atoms. The van der Waals surface area contributed by atoms with Crippen molar-refractivity contribution < 1.29 is 9.18 Å². The Balaban J connectivity index is 1.67. The SMILES string of the molecule is Nn1c(SCC(=O)Nc2ccc(Cl)cc2Cl)nnc1-c1ccccc1F. The topological polar surface area (TPSA) is 85.8 Å². The summed E-state index contributed by atoms with van der Waals surface area (Å²) in [5.41, 5.74) is 0.676. The first-order valence-corrected chi connectivity index (χ1v) is 9.03. The molecule has 0 spiro atoms. The summed E-state index contributed by atoms with van der Waals surface area (Å²) in [6.45, 7) is 0. The molecule has 1 amide bonds. The lowest BCUT2D eigenvalue weighted by Crippen LogP contribution is -2.16. The number of aromatic nitrogens is 3. The molecule has 0 radical (unpaired) electrons. The Bertz CT molecular complexity index is 966. The first-order chi connectivity index (χ1) is 12.5. The van der Waals surface area contributed by atoms with Crippen LogP contribution in [0.15, 0.2) is 47.6 Å². The molecule has 0 fully saturated rings. The molecule has 0 aliphatic heterocycles. The summed E-state index contributed by atoms with van der Waals surface area (Å²) in [5, 5.41) is 11.5. The summed E-state index contributed by atoms with van der Waals surface area (Å²) in [7, 11) is 0. The van der Waals surface area contributed by atoms with Crippen molar-refractivity contribution in [1.82, 2.24) is 14.9 Å². The molecule has 3 aromatic rings. The minimum Gasteiger partial charge on any atom is -0.335 e. The van der Waals surface area contributed by atoms with Gasteiger partial charge in [-0.25, -0.2) is 9.07 Å². The number of nitrogens with one attached hydrogen (secondary N) is 1. The fourth-order valence-electron chi connectivity index (χ4n) is 2.11. The van der Waals surface area contributed by atoms with Gasteiger partial charge in [-0.2, -0.15) is 0 Å². The average molecular weight is 412 g/mol. The highest BCUT2D eigenvalue weighted by molar-refractivity contribution is 7.99. The summed E-state index contributed by atoms with van der Waals surface area (Å²) in [4.78, 5) is 12.1. The Labute approximate surface area is 162 Å². The van der Waals surface area contributed by atoms with Crippen molar-refractivity contribution in [2.24, 2.45) is 0 Å². The minimum atomic E-state index is -0.460. The predicted molar refractivity (Wildman–Crippen MR) is 101 cm³/mol. The highest BCUT2D eigenvalue weighted by Crippen LogP contribution is 2.26. The summed E-state index contributed by atoms with van der Waals surface area (Å²) < 4.78 is 15.0. The van der Waals surface area contributed by atoms with E-state index in [1.54, 1.807) is 30.3 Å². The molecule has 10 heteroatoms. The van der Waals surface area contributed by atoms with Gasteiger partial charge < -0.3 is 11.2 Å². The van der Waals surface area contributed by atoms with E-state index in [0.717, 1.165) is 16.4 Å². The van der Waals surface area contributed by atoms with E-state index in [1.807, 2.05) is 0 Å². The van der Waals surface area contributed by atoms with Crippen LogP contribution in [0.25, 0.3) is 11.4 Å². The monoisotopic (exact) mass is 411 g/mol. The molecule has 1 heterocycles. The maximum Gasteiger partial charge on any atom is 0.234 e. The highest BCUT2D eigenvalue weighted by Gasteiger charge is 2.16. The first kappa shape index (κ1) is 18.5. The molecular formula is C16H12Cl2FN5OS. The number of thioether (sulfide) groups is 1. The highest BCUT2D eigenvalue weighted by atomic mass is 35.5. The van der Waals surface area contributed by atoms with Gasteiger partial charge >= 0.3 is 0 Å². The number of amides is 1. The quantitative estimate of drug-likeness (QED) is 0.491. The summed E-state index contributed by atoms with van der Waals surface area (Å²) in [6, 6.07) is 10.8. The molecule has 3 rings (SSSR count). The predicted octanol–water partition coefficient (Wildman–Crippen LogP) is 3.84. The fourth-order valence-corrected chi connectivity index (χ4v) is 3.22. The number of carbonyl (C=O) groups excluding carboxylic acids is 1. The Morgan fingerprint density at radius 3 is 2.73 bits per heavy atom. The van der Waals surface area contributed by atoms with Gasteiger partial charge in [0.15, 0.2) is 5.82 Å². The summed E-state index contributed by atoms with van der Waals surface area (Å²) in [6.07, 6.45) is 0. The van der Waals surface area contributed by atoms with Crippen molar-refractivity contribution in [3.05, 3.63) is 58.3 Å². The molecular weight excluding hydrogens is 400 g/mol. The molecule has 134 valence electrons. The Morgan fingerprint density at radius 2 is 2.00 bits per heavy atom. The zero-order chi connectivity index (χ0) is 18.7. The third-order valence-corrected chi connectivity index (χ3v) is 4.81. The molecule has 0 aliphatic carbocycles. The zero-order valence-corrected chi connectivity index (χ0v) is 15.4. The van der Waals surface area contributed by atoms with Gasteiger partial charge in [0.05, 0.1) is 22.0 Å². The van der Waals surface area contributed by atoms with E-state index >= 15 is 0 Å². The lowest BCUT2D eigenvalue weighted by molar-refractivity contribution is -0.113. The van der Waals surface area contributed by atoms with Crippen molar-refractivity contribution >= 4 is 46.6 Å². The van der Waals surface area contributed by atoms with Gasteiger partial charge in [0.25, 0.3) is 0 Å². The van der Waals surface area contributed by atoms with Crippen LogP contribution in [0.5, 0.6) is 0 Å². The number of hydrogen-bond donors (Lipinski definition) is 2. The van der Waals surface area contributed by atoms with Crippen LogP contribution in [0.2, 0.25) is 10.0 Å². The van der Waals surface area contributed by atoms with E-state index in [-0.39, 0.29) is 28.2 Å². The molecule has 2 aromatic carbocycles. The maximum absolute atomic E-state index is 13.9. The summed E-state index contributed by atoms with van der Waals surface area (Å²) in [5.74, 6) is 5.34. The van der Waals surface area contributed by atoms with Gasteiger partial charge in [-0.1, -0.05) is 47.1 Å². The van der Waals surface area contributed by atoms with Gasteiger partial charge in [-0.05, 0) is 30.3 Å². The molecule has 3 N–H and O–H groups in total. The van der Waals surface area contributed by atoms with E-state index in [9.17, 15) is 9.18 Å². The van der Waals surface area contributed by atoms with Gasteiger partial charge in [-0.3, -0.25) is 4.79 Å². The molecule has 0 unspecified atom stereocenters. The third kappa shape index (κ3) is 4.09. The Morgan fingerprint density at radius 1 is 1.23 bits per heavy atom. The number of hydrogen-bond acceptors (Lipinski definition) is 5. The molecule has 0 saturated carbocycles. The smallest absolute Gasteiger partial charge is 0.234 e. The standard InChI is InChI=1S/C16H12Cl2FN5OS/c17-9-5-6-13(11(18)7-9)21-14(25)8-26-16-23-22-15(24(16)20)10-3-1-2-4-12(10)19/h1-7H,8,20H2,(H,21,25). The average Bonchev–Trinajstić information content (AvgIpc) is 2.97. The van der Waals surface area contributed by atoms with E-state index < -0.39 is 5.82 Å². The lowest BCUT2D eigenvalue weighted by atomic mass is 10.2. The van der Waals surface area contributed by atoms with Crippen LogP contribution in [-0.2, 0) is 4.79 Å². The van der Waals surface area contributed by atoms with E-state index in [1.165, 1.54) is 12.1 Å². The number of anilines is 1. The van der Waals surface area contributed by atoms with Crippen LogP contribution in [0.3, 0.4) is 0 Å². The largest absolute Gasteiger partial charge is 0.335 e. The Kier molecular flexibility index (Phi) is 5.65. The Hall–Kier alpha value is -2.29. The van der Waals surface area contributed by atoms with Crippen LogP contribution in [0, 0.1) is 5.82 Å². The van der Waals surface area contributed by atoms with Gasteiger partial charge in [-0.15, -0.1) is 10.2 Å². The van der Waals surface area contributed by atoms with Gasteiger partial charge in [0, 0.05) is 5.02 Å². The van der Waals surface area contributed by atoms with Crippen LogP contribution in [0.1, 0.15) is 0 Å². The number of nitrogen functional groups attached to an aromatic ring is 1. The number of halogens is 3. The zero-order valence-electron chi connectivity index (χ0n) is 13.1. The molecule has 1 aromatic heterocycles. The fraction of sp³-hybridized carbons (Fsp3) is 0.0625. The second kappa shape index (κ2) is 7.94. The van der Waals surface area contributed by atoms with Crippen LogP contribution >= 0.6 is 35.0 Å². The number of rotatable bonds is 5. The maximum atomic E-state index is 13.9. The number of carbonyl (C=O) groups is 1. The van der Waals surface area contributed by atoms with Gasteiger partial charge in [0.1, 0.15) is 5.82 Å². The van der Waals surface area contributed by atoms with Crippen LogP contribution in [-0.4, -0.2) is 26.5 Å². The van der Waals surface area contributed by atoms with Crippen molar-refractivity contribution in [3.8, 4) is 11.4 Å². The summed E-state index contributed by atoms with van der Waals surface area (Å²) >= 11 is 12.9. The second-order valence-corrected chi connectivity index (χ2v) is 6.90. The molecule has 0 saturated heterocycles. The molecule has 6 nitrogen and oxygen atoms in total. The first-order valence-electron chi connectivity index (χ1n) is 7.29. The second-order valence-electron chi connectivity index (χ2n) is 5.12. The van der Waals surface area contributed by atoms with Crippen LogP contribution < -0.4 is 11.2 Å². The molecule has 0 atom stereocenters. The number of benzene rings is 2. The lowest BCUT2D eigenvalue weighted by Gasteiger charge is -2.07. The molecule has 0 aliphatic rings. The van der Waals surface area contributed by atoms with E-state index in [4.69, 9.17) is 29.0 Å². The normalized spacial score (nSPS) is 10.7. The third-order valence-electron chi connectivity index (χ3n) is 3.32. The van der Waals surface area contributed by atoms with Crippen molar-refractivity contribution in [2.75, 3.05) is 16.9 Å². The van der Waals surface area contributed by atoms with E-state index in [0.29, 0.717) is 15.7 Å².